The molecular formula is C13H24N2O3. The highest BCUT2D eigenvalue weighted by Gasteiger charge is 2.37. The molecule has 1 aliphatic carbocycles. The topological polar surface area (TPSA) is 81.4 Å². The van der Waals surface area contributed by atoms with Gasteiger partial charge in [-0.05, 0) is 19.8 Å². The molecule has 3 unspecified atom stereocenters. The van der Waals surface area contributed by atoms with Crippen LogP contribution >= 0.6 is 0 Å². The van der Waals surface area contributed by atoms with E-state index < -0.39 is 5.54 Å². The average molecular weight is 256 g/mol. The largest absolute Gasteiger partial charge is 0.469 e. The number of rotatable bonds is 4. The molecule has 18 heavy (non-hydrogen) atoms. The molecule has 5 nitrogen and oxygen atoms in total. The number of carbonyl (C=O) groups is 2. The van der Waals surface area contributed by atoms with Gasteiger partial charge in [0.1, 0.15) is 0 Å². The Hall–Kier alpha value is -1.10. The first-order valence-electron chi connectivity index (χ1n) is 6.53. The first-order chi connectivity index (χ1) is 8.38. The number of carbonyl (C=O) groups excluding carboxylic acids is 2. The SMILES string of the molecule is COC(=O)C(C)CNC(=O)C1CCCCC1(C)N. The maximum absolute atomic E-state index is 12.1. The van der Waals surface area contributed by atoms with Crippen molar-refractivity contribution in [2.45, 2.75) is 45.1 Å². The first kappa shape index (κ1) is 15.0. The van der Waals surface area contributed by atoms with E-state index in [-0.39, 0.29) is 23.7 Å². The lowest BCUT2D eigenvalue weighted by Crippen LogP contribution is -2.53. The fourth-order valence-corrected chi connectivity index (χ4v) is 2.45. The molecule has 5 heteroatoms. The van der Waals surface area contributed by atoms with Crippen molar-refractivity contribution in [2.75, 3.05) is 13.7 Å². The van der Waals surface area contributed by atoms with Crippen LogP contribution in [0.3, 0.4) is 0 Å². The average Bonchev–Trinajstić information content (AvgIpc) is 2.33. The van der Waals surface area contributed by atoms with Crippen molar-refractivity contribution in [1.82, 2.24) is 5.32 Å². The van der Waals surface area contributed by atoms with Crippen molar-refractivity contribution >= 4 is 11.9 Å². The third-order valence-electron chi connectivity index (χ3n) is 3.76. The minimum atomic E-state index is -0.434. The number of nitrogens with two attached hydrogens (primary N) is 1. The highest BCUT2D eigenvalue weighted by atomic mass is 16.5. The van der Waals surface area contributed by atoms with Gasteiger partial charge in [0.15, 0.2) is 0 Å². The molecule has 0 heterocycles. The maximum atomic E-state index is 12.1. The molecule has 1 saturated carbocycles. The van der Waals surface area contributed by atoms with Gasteiger partial charge in [-0.25, -0.2) is 0 Å². The van der Waals surface area contributed by atoms with E-state index in [4.69, 9.17) is 5.73 Å². The Morgan fingerprint density at radius 1 is 1.50 bits per heavy atom. The summed E-state index contributed by atoms with van der Waals surface area (Å²) in [6, 6.07) is 0. The van der Waals surface area contributed by atoms with Gasteiger partial charge < -0.3 is 15.8 Å². The second-order valence-corrected chi connectivity index (χ2v) is 5.47. The number of esters is 1. The smallest absolute Gasteiger partial charge is 0.310 e. The van der Waals surface area contributed by atoms with Gasteiger partial charge in [0.05, 0.1) is 18.9 Å². The molecule has 0 aromatic heterocycles. The molecule has 1 amide bonds. The summed E-state index contributed by atoms with van der Waals surface area (Å²) in [7, 11) is 1.35. The van der Waals surface area contributed by atoms with E-state index in [0.717, 1.165) is 25.7 Å². The molecule has 0 aliphatic heterocycles. The van der Waals surface area contributed by atoms with E-state index in [0.29, 0.717) is 6.54 Å². The molecular weight excluding hydrogens is 232 g/mol. The minimum Gasteiger partial charge on any atom is -0.469 e. The highest BCUT2D eigenvalue weighted by Crippen LogP contribution is 2.31. The second kappa shape index (κ2) is 6.18. The first-order valence-corrected chi connectivity index (χ1v) is 6.53. The van der Waals surface area contributed by atoms with Crippen LogP contribution in [0.1, 0.15) is 39.5 Å². The van der Waals surface area contributed by atoms with Crippen molar-refractivity contribution in [3.8, 4) is 0 Å². The van der Waals surface area contributed by atoms with Crippen LogP contribution in [0.2, 0.25) is 0 Å². The fourth-order valence-electron chi connectivity index (χ4n) is 2.45. The lowest BCUT2D eigenvalue weighted by Gasteiger charge is -2.37. The van der Waals surface area contributed by atoms with E-state index in [2.05, 4.69) is 10.1 Å². The zero-order chi connectivity index (χ0) is 13.8. The van der Waals surface area contributed by atoms with Gasteiger partial charge in [0.25, 0.3) is 0 Å². The van der Waals surface area contributed by atoms with Crippen molar-refractivity contribution in [1.29, 1.82) is 0 Å². The minimum absolute atomic E-state index is 0.0459. The van der Waals surface area contributed by atoms with E-state index in [1.807, 2.05) is 6.92 Å². The van der Waals surface area contributed by atoms with Crippen molar-refractivity contribution in [2.24, 2.45) is 17.6 Å². The molecule has 0 bridgehead atoms. The summed E-state index contributed by atoms with van der Waals surface area (Å²) in [6.07, 6.45) is 3.82. The van der Waals surface area contributed by atoms with Gasteiger partial charge in [0.2, 0.25) is 5.91 Å². The molecule has 1 rings (SSSR count). The molecule has 0 aromatic carbocycles. The Kier molecular flexibility index (Phi) is 5.14. The normalized spacial score (nSPS) is 29.4. The molecule has 1 fully saturated rings. The van der Waals surface area contributed by atoms with Gasteiger partial charge in [-0.2, -0.15) is 0 Å². The number of hydrogen-bond acceptors (Lipinski definition) is 4. The quantitative estimate of drug-likeness (QED) is 0.730. The van der Waals surface area contributed by atoms with Crippen LogP contribution in [0.4, 0.5) is 0 Å². The molecule has 0 radical (unpaired) electrons. The Morgan fingerprint density at radius 2 is 2.17 bits per heavy atom. The number of nitrogens with one attached hydrogen (secondary N) is 1. The van der Waals surface area contributed by atoms with Crippen molar-refractivity contribution in [3.63, 3.8) is 0 Å². The van der Waals surface area contributed by atoms with E-state index in [9.17, 15) is 9.59 Å². The summed E-state index contributed by atoms with van der Waals surface area (Å²) in [5.74, 6) is -0.840. The third-order valence-corrected chi connectivity index (χ3v) is 3.76. The Morgan fingerprint density at radius 3 is 2.72 bits per heavy atom. The van der Waals surface area contributed by atoms with Crippen molar-refractivity contribution < 1.29 is 14.3 Å². The summed E-state index contributed by atoms with van der Waals surface area (Å²) in [5.41, 5.74) is 5.73. The van der Waals surface area contributed by atoms with Crippen molar-refractivity contribution in [3.05, 3.63) is 0 Å². The van der Waals surface area contributed by atoms with Gasteiger partial charge in [0, 0.05) is 12.1 Å². The molecule has 104 valence electrons. The summed E-state index contributed by atoms with van der Waals surface area (Å²) < 4.78 is 4.62. The second-order valence-electron chi connectivity index (χ2n) is 5.47. The predicted octanol–water partition coefficient (Wildman–Crippen LogP) is 0.819. The number of ether oxygens (including phenoxy) is 1. The molecule has 0 aromatic rings. The van der Waals surface area contributed by atoms with Crippen LogP contribution in [0.15, 0.2) is 0 Å². The van der Waals surface area contributed by atoms with Crippen LogP contribution in [0.25, 0.3) is 0 Å². The molecule has 3 atom stereocenters. The van der Waals surface area contributed by atoms with Crippen LogP contribution < -0.4 is 11.1 Å². The highest BCUT2D eigenvalue weighted by molar-refractivity contribution is 5.81. The van der Waals surface area contributed by atoms with Crippen LogP contribution in [-0.4, -0.2) is 31.1 Å². The lowest BCUT2D eigenvalue weighted by atomic mass is 9.74. The zero-order valence-corrected chi connectivity index (χ0v) is 11.5. The van der Waals surface area contributed by atoms with Gasteiger partial charge in [-0.1, -0.05) is 19.8 Å². The molecule has 0 spiro atoms. The Balaban J connectivity index is 2.47. The van der Waals surface area contributed by atoms with E-state index >= 15 is 0 Å². The maximum Gasteiger partial charge on any atom is 0.310 e. The number of methoxy groups -OCH3 is 1. The summed E-state index contributed by atoms with van der Waals surface area (Å²) >= 11 is 0. The molecule has 0 saturated heterocycles. The summed E-state index contributed by atoms with van der Waals surface area (Å²) in [4.78, 5) is 23.3. The standard InChI is InChI=1S/C13H24N2O3/c1-9(12(17)18-3)8-15-11(16)10-6-4-5-7-13(10,2)14/h9-10H,4-8,14H2,1-3H3,(H,15,16). The number of amides is 1. The summed E-state index contributed by atoms with van der Waals surface area (Å²) in [5, 5.41) is 2.80. The Bertz CT molecular complexity index is 315. The van der Waals surface area contributed by atoms with E-state index in [1.54, 1.807) is 6.92 Å². The monoisotopic (exact) mass is 256 g/mol. The third kappa shape index (κ3) is 3.70. The zero-order valence-electron chi connectivity index (χ0n) is 11.5. The lowest BCUT2D eigenvalue weighted by molar-refractivity contribution is -0.144. The number of hydrogen-bond donors (Lipinski definition) is 2. The molecule has 3 N–H and O–H groups in total. The fraction of sp³-hybridized carbons (Fsp3) is 0.846. The van der Waals surface area contributed by atoms with Crippen LogP contribution in [0.5, 0.6) is 0 Å². The van der Waals surface area contributed by atoms with E-state index in [1.165, 1.54) is 7.11 Å². The van der Waals surface area contributed by atoms with Gasteiger partial charge in [-0.15, -0.1) is 0 Å². The Labute approximate surface area is 108 Å². The molecule has 1 aliphatic rings. The van der Waals surface area contributed by atoms with Gasteiger partial charge >= 0.3 is 5.97 Å². The van der Waals surface area contributed by atoms with Crippen LogP contribution in [0, 0.1) is 11.8 Å². The predicted molar refractivity (Wildman–Crippen MR) is 68.7 cm³/mol. The van der Waals surface area contributed by atoms with Gasteiger partial charge in [-0.3, -0.25) is 9.59 Å². The van der Waals surface area contributed by atoms with Crippen LogP contribution in [-0.2, 0) is 14.3 Å². The summed E-state index contributed by atoms with van der Waals surface area (Å²) in [6.45, 7) is 3.97.